The fourth-order valence-corrected chi connectivity index (χ4v) is 2.32. The van der Waals surface area contributed by atoms with Crippen LogP contribution in [0.3, 0.4) is 0 Å². The van der Waals surface area contributed by atoms with E-state index in [-0.39, 0.29) is 0 Å². The maximum absolute atomic E-state index is 5.62. The summed E-state index contributed by atoms with van der Waals surface area (Å²) in [4.78, 5) is 8.73. The molecule has 0 aliphatic carbocycles. The highest BCUT2D eigenvalue weighted by Gasteiger charge is 2.17. The molecule has 0 spiro atoms. The molecule has 0 aliphatic heterocycles. The van der Waals surface area contributed by atoms with Crippen LogP contribution in [0.25, 0.3) is 17.3 Å². The molecule has 0 saturated carbocycles. The second-order valence-corrected chi connectivity index (χ2v) is 4.61. The molecule has 0 atom stereocenters. The van der Waals surface area contributed by atoms with Crippen LogP contribution in [0.2, 0.25) is 0 Å². The van der Waals surface area contributed by atoms with Crippen LogP contribution in [0.1, 0.15) is 5.69 Å². The first kappa shape index (κ1) is 11.4. The highest BCUT2D eigenvalue weighted by atomic mass is 79.9. The molecule has 0 unspecified atom stereocenters. The molecule has 0 aliphatic rings. The summed E-state index contributed by atoms with van der Waals surface area (Å²) in [5.41, 5.74) is 7.22. The Morgan fingerprint density at radius 1 is 1.39 bits per heavy atom. The highest BCUT2D eigenvalue weighted by Crippen LogP contribution is 2.22. The predicted octanol–water partition coefficient (Wildman–Crippen LogP) is 1.35. The van der Waals surface area contributed by atoms with Crippen LogP contribution in [0.5, 0.6) is 0 Å². The third kappa shape index (κ3) is 1.55. The molecule has 2 N–H and O–H groups in total. The molecule has 0 radical (unpaired) electrons. The maximum Gasteiger partial charge on any atom is 0.233 e. The van der Waals surface area contributed by atoms with Crippen LogP contribution in [-0.2, 0) is 13.6 Å². The third-order valence-corrected chi connectivity index (χ3v) is 3.54. The number of aromatic nitrogens is 5. The standard InChI is InChI=1S/C11H11BrN6/c1-17-10(7-4-2-3-5-14-7)16-18-9(12)8(6-13)15-11(17)18/h2-5H,6,13H2,1H3. The topological polar surface area (TPSA) is 74.0 Å². The van der Waals surface area contributed by atoms with Crippen molar-refractivity contribution >= 4 is 21.7 Å². The number of imidazole rings is 1. The summed E-state index contributed by atoms with van der Waals surface area (Å²) < 4.78 is 4.41. The lowest BCUT2D eigenvalue weighted by molar-refractivity contribution is 0.909. The Kier molecular flexibility index (Phi) is 2.64. The second kappa shape index (κ2) is 4.18. The third-order valence-electron chi connectivity index (χ3n) is 2.75. The number of hydrogen-bond donors (Lipinski definition) is 1. The molecule has 0 bridgehead atoms. The van der Waals surface area contributed by atoms with Gasteiger partial charge in [0.1, 0.15) is 10.3 Å². The summed E-state index contributed by atoms with van der Waals surface area (Å²) in [6.45, 7) is 0.378. The van der Waals surface area contributed by atoms with Crippen molar-refractivity contribution in [2.24, 2.45) is 12.8 Å². The molecule has 0 saturated heterocycles. The van der Waals surface area contributed by atoms with Gasteiger partial charge in [0.2, 0.25) is 5.78 Å². The Balaban J connectivity index is 2.25. The SMILES string of the molecule is Cn1c(-c2ccccn2)nn2c(Br)c(CN)nc12. The summed E-state index contributed by atoms with van der Waals surface area (Å²) in [6.07, 6.45) is 1.74. The molecule has 3 aromatic heterocycles. The summed E-state index contributed by atoms with van der Waals surface area (Å²) in [7, 11) is 1.91. The number of nitrogens with zero attached hydrogens (tertiary/aromatic N) is 5. The number of hydrogen-bond acceptors (Lipinski definition) is 4. The van der Waals surface area contributed by atoms with E-state index in [1.54, 1.807) is 10.7 Å². The number of pyridine rings is 1. The van der Waals surface area contributed by atoms with Crippen molar-refractivity contribution in [2.45, 2.75) is 6.54 Å². The quantitative estimate of drug-likeness (QED) is 0.775. The average molecular weight is 307 g/mol. The van der Waals surface area contributed by atoms with E-state index in [2.05, 4.69) is 31.0 Å². The first-order valence-corrected chi connectivity index (χ1v) is 6.23. The van der Waals surface area contributed by atoms with Crippen LogP contribution < -0.4 is 5.73 Å². The number of rotatable bonds is 2. The van der Waals surface area contributed by atoms with Crippen LogP contribution >= 0.6 is 15.9 Å². The number of fused-ring (bicyclic) bond motifs is 1. The largest absolute Gasteiger partial charge is 0.325 e. The second-order valence-electron chi connectivity index (χ2n) is 3.86. The fourth-order valence-electron chi connectivity index (χ4n) is 1.83. The summed E-state index contributed by atoms with van der Waals surface area (Å²) in [5, 5.41) is 4.50. The Hall–Kier alpha value is -1.73. The number of nitrogens with two attached hydrogens (primary N) is 1. The zero-order chi connectivity index (χ0) is 12.7. The zero-order valence-electron chi connectivity index (χ0n) is 9.71. The first-order valence-electron chi connectivity index (χ1n) is 5.43. The van der Waals surface area contributed by atoms with E-state index in [1.165, 1.54) is 0 Å². The van der Waals surface area contributed by atoms with Gasteiger partial charge in [-0.25, -0.2) is 4.98 Å². The van der Waals surface area contributed by atoms with Gasteiger partial charge in [0.25, 0.3) is 0 Å². The van der Waals surface area contributed by atoms with Crippen LogP contribution in [-0.4, -0.2) is 24.1 Å². The predicted molar refractivity (Wildman–Crippen MR) is 70.8 cm³/mol. The summed E-state index contributed by atoms with van der Waals surface area (Å²) in [6, 6.07) is 5.72. The molecule has 3 heterocycles. The van der Waals surface area contributed by atoms with E-state index in [1.807, 2.05) is 29.8 Å². The molecule has 0 amide bonds. The van der Waals surface area contributed by atoms with Gasteiger partial charge in [-0.1, -0.05) is 6.07 Å². The minimum Gasteiger partial charge on any atom is -0.325 e. The van der Waals surface area contributed by atoms with Crippen molar-refractivity contribution < 1.29 is 0 Å². The molecule has 3 aromatic rings. The summed E-state index contributed by atoms with van der Waals surface area (Å²) in [5.74, 6) is 1.50. The first-order chi connectivity index (χ1) is 8.72. The lowest BCUT2D eigenvalue weighted by atomic mass is 10.3. The minimum atomic E-state index is 0.378. The Morgan fingerprint density at radius 2 is 2.22 bits per heavy atom. The molecule has 7 heteroatoms. The van der Waals surface area contributed by atoms with Gasteiger partial charge in [0.05, 0.1) is 5.69 Å². The molecule has 18 heavy (non-hydrogen) atoms. The van der Waals surface area contributed by atoms with Crippen LogP contribution in [0.4, 0.5) is 0 Å². The van der Waals surface area contributed by atoms with E-state index in [4.69, 9.17) is 5.73 Å². The molecule has 6 nitrogen and oxygen atoms in total. The van der Waals surface area contributed by atoms with Gasteiger partial charge in [-0.2, -0.15) is 4.52 Å². The van der Waals surface area contributed by atoms with Gasteiger partial charge in [0.15, 0.2) is 5.82 Å². The molecule has 3 rings (SSSR count). The van der Waals surface area contributed by atoms with Crippen molar-refractivity contribution in [3.63, 3.8) is 0 Å². The molecule has 0 aromatic carbocycles. The van der Waals surface area contributed by atoms with Gasteiger partial charge in [-0.3, -0.25) is 9.55 Å². The lowest BCUT2D eigenvalue weighted by Gasteiger charge is -1.98. The number of aryl methyl sites for hydroxylation is 1. The monoisotopic (exact) mass is 306 g/mol. The average Bonchev–Trinajstić information content (AvgIpc) is 2.89. The molecule has 92 valence electrons. The number of halogens is 1. The Bertz CT molecular complexity index is 699. The summed E-state index contributed by atoms with van der Waals surface area (Å²) >= 11 is 3.46. The zero-order valence-corrected chi connectivity index (χ0v) is 11.3. The van der Waals surface area contributed by atoms with Crippen molar-refractivity contribution in [1.82, 2.24) is 24.1 Å². The van der Waals surface area contributed by atoms with Gasteiger partial charge >= 0.3 is 0 Å². The molecular weight excluding hydrogens is 296 g/mol. The normalized spacial score (nSPS) is 11.3. The minimum absolute atomic E-state index is 0.378. The van der Waals surface area contributed by atoms with Crippen LogP contribution in [0, 0.1) is 0 Å². The fraction of sp³-hybridized carbons (Fsp3) is 0.182. The van der Waals surface area contributed by atoms with E-state index in [0.717, 1.165) is 27.6 Å². The van der Waals surface area contributed by atoms with Gasteiger partial charge < -0.3 is 5.73 Å². The maximum atomic E-state index is 5.62. The van der Waals surface area contributed by atoms with E-state index >= 15 is 0 Å². The van der Waals surface area contributed by atoms with Crippen molar-refractivity contribution in [3.8, 4) is 11.5 Å². The van der Waals surface area contributed by atoms with Crippen molar-refractivity contribution in [3.05, 3.63) is 34.7 Å². The Morgan fingerprint density at radius 3 is 2.83 bits per heavy atom. The van der Waals surface area contributed by atoms with E-state index < -0.39 is 0 Å². The smallest absolute Gasteiger partial charge is 0.233 e. The van der Waals surface area contributed by atoms with E-state index in [0.29, 0.717) is 6.54 Å². The van der Waals surface area contributed by atoms with E-state index in [9.17, 15) is 0 Å². The Labute approximate surface area is 112 Å². The highest BCUT2D eigenvalue weighted by molar-refractivity contribution is 9.10. The van der Waals surface area contributed by atoms with Crippen LogP contribution in [0.15, 0.2) is 29.0 Å². The van der Waals surface area contributed by atoms with Crippen molar-refractivity contribution in [2.75, 3.05) is 0 Å². The molecule has 0 fully saturated rings. The lowest BCUT2D eigenvalue weighted by Crippen LogP contribution is -2.00. The van der Waals surface area contributed by atoms with Gasteiger partial charge in [0, 0.05) is 19.8 Å². The molecular formula is C11H11BrN6. The van der Waals surface area contributed by atoms with Gasteiger partial charge in [-0.15, -0.1) is 5.10 Å². The van der Waals surface area contributed by atoms with Gasteiger partial charge in [-0.05, 0) is 28.1 Å². The van der Waals surface area contributed by atoms with Crippen molar-refractivity contribution in [1.29, 1.82) is 0 Å².